The molecule has 0 unspecified atom stereocenters. The van der Waals surface area contributed by atoms with Gasteiger partial charge in [0.1, 0.15) is 5.75 Å². The molecule has 3 aromatic rings. The highest BCUT2D eigenvalue weighted by Crippen LogP contribution is 2.39. The summed E-state index contributed by atoms with van der Waals surface area (Å²) in [6.07, 6.45) is 0. The van der Waals surface area contributed by atoms with Crippen molar-refractivity contribution in [1.29, 1.82) is 0 Å². The Balaban J connectivity index is 2.44. The van der Waals surface area contributed by atoms with Crippen LogP contribution >= 0.6 is 11.6 Å². The largest absolute Gasteiger partial charge is 0.494 e. The molecular weight excluding hydrogens is 350 g/mol. The average molecular weight is 370 g/mol. The zero-order valence-corrected chi connectivity index (χ0v) is 15.7. The summed E-state index contributed by atoms with van der Waals surface area (Å²) in [4.78, 5) is 16.3. The zero-order chi connectivity index (χ0) is 18.8. The maximum atomic E-state index is 11.9. The Morgan fingerprint density at radius 3 is 2.65 bits per heavy atom. The van der Waals surface area contributed by atoms with Crippen molar-refractivity contribution in [3.05, 3.63) is 58.7 Å². The Bertz CT molecular complexity index is 982. The van der Waals surface area contributed by atoms with Crippen LogP contribution in [-0.2, 0) is 0 Å². The van der Waals surface area contributed by atoms with Crippen LogP contribution in [0.25, 0.3) is 22.0 Å². The second-order valence-corrected chi connectivity index (χ2v) is 6.77. The van der Waals surface area contributed by atoms with Crippen LogP contribution < -0.4 is 4.74 Å². The van der Waals surface area contributed by atoms with E-state index >= 15 is 0 Å². The molecule has 26 heavy (non-hydrogen) atoms. The highest BCUT2D eigenvalue weighted by molar-refractivity contribution is 6.31. The SMILES string of the molecule is CCOc1cccc(-c2c(C(C)C)c(C(=O)O)nc3ccc(Cl)cc23)c1. The van der Waals surface area contributed by atoms with Crippen molar-refractivity contribution in [3.8, 4) is 16.9 Å². The normalized spacial score (nSPS) is 11.1. The molecule has 0 saturated heterocycles. The molecule has 1 heterocycles. The topological polar surface area (TPSA) is 59.4 Å². The number of nitrogens with zero attached hydrogens (tertiary/aromatic N) is 1. The quantitative estimate of drug-likeness (QED) is 0.619. The van der Waals surface area contributed by atoms with E-state index in [0.717, 1.165) is 22.3 Å². The first-order valence-corrected chi connectivity index (χ1v) is 8.89. The summed E-state index contributed by atoms with van der Waals surface area (Å²) in [6.45, 7) is 6.42. The van der Waals surface area contributed by atoms with Crippen molar-refractivity contribution >= 4 is 28.5 Å². The predicted octanol–water partition coefficient (Wildman–Crippen LogP) is 5.78. The van der Waals surface area contributed by atoms with Gasteiger partial charge in [0.05, 0.1) is 12.1 Å². The first-order valence-electron chi connectivity index (χ1n) is 8.52. The third-order valence-corrected chi connectivity index (χ3v) is 4.43. The Hall–Kier alpha value is -2.59. The van der Waals surface area contributed by atoms with E-state index in [1.54, 1.807) is 12.1 Å². The molecule has 0 fully saturated rings. The predicted molar refractivity (Wildman–Crippen MR) is 104 cm³/mol. The number of hydrogen-bond donors (Lipinski definition) is 1. The van der Waals surface area contributed by atoms with Crippen molar-refractivity contribution in [2.75, 3.05) is 6.61 Å². The third-order valence-electron chi connectivity index (χ3n) is 4.20. The number of benzene rings is 2. The van der Waals surface area contributed by atoms with Gasteiger partial charge in [-0.1, -0.05) is 37.6 Å². The van der Waals surface area contributed by atoms with Gasteiger partial charge < -0.3 is 9.84 Å². The van der Waals surface area contributed by atoms with Crippen LogP contribution in [0.15, 0.2) is 42.5 Å². The van der Waals surface area contributed by atoms with Crippen LogP contribution in [-0.4, -0.2) is 22.7 Å². The fraction of sp³-hybridized carbons (Fsp3) is 0.238. The lowest BCUT2D eigenvalue weighted by Crippen LogP contribution is -2.10. The number of rotatable bonds is 5. The van der Waals surface area contributed by atoms with E-state index in [4.69, 9.17) is 16.3 Å². The number of halogens is 1. The number of aromatic nitrogens is 1. The Kier molecular flexibility index (Phi) is 5.14. The smallest absolute Gasteiger partial charge is 0.354 e. The van der Waals surface area contributed by atoms with E-state index in [-0.39, 0.29) is 11.6 Å². The maximum absolute atomic E-state index is 11.9. The molecule has 0 aliphatic heterocycles. The number of carboxylic acid groups (broad SMARTS) is 1. The first-order chi connectivity index (χ1) is 12.4. The van der Waals surface area contributed by atoms with E-state index in [1.165, 1.54) is 0 Å². The number of hydrogen-bond acceptors (Lipinski definition) is 3. The average Bonchev–Trinajstić information content (AvgIpc) is 2.60. The van der Waals surface area contributed by atoms with E-state index < -0.39 is 5.97 Å². The molecule has 4 nitrogen and oxygen atoms in total. The zero-order valence-electron chi connectivity index (χ0n) is 14.9. The minimum atomic E-state index is -1.03. The Labute approximate surface area is 157 Å². The summed E-state index contributed by atoms with van der Waals surface area (Å²) < 4.78 is 5.62. The maximum Gasteiger partial charge on any atom is 0.354 e. The summed E-state index contributed by atoms with van der Waals surface area (Å²) >= 11 is 6.22. The van der Waals surface area contributed by atoms with Gasteiger partial charge in [0.2, 0.25) is 0 Å². The van der Waals surface area contributed by atoms with Gasteiger partial charge in [0.15, 0.2) is 5.69 Å². The van der Waals surface area contributed by atoms with Crippen molar-refractivity contribution in [2.45, 2.75) is 26.7 Å². The molecule has 0 spiro atoms. The van der Waals surface area contributed by atoms with Crippen molar-refractivity contribution in [3.63, 3.8) is 0 Å². The van der Waals surface area contributed by atoms with Gasteiger partial charge in [0.25, 0.3) is 0 Å². The van der Waals surface area contributed by atoms with Crippen molar-refractivity contribution < 1.29 is 14.6 Å². The van der Waals surface area contributed by atoms with Gasteiger partial charge in [-0.3, -0.25) is 0 Å². The highest BCUT2D eigenvalue weighted by atomic mass is 35.5. The third kappa shape index (κ3) is 3.37. The van der Waals surface area contributed by atoms with Gasteiger partial charge in [-0.05, 0) is 59.9 Å². The van der Waals surface area contributed by atoms with Gasteiger partial charge >= 0.3 is 5.97 Å². The molecule has 0 aliphatic carbocycles. The van der Waals surface area contributed by atoms with Crippen LogP contribution in [0, 0.1) is 0 Å². The molecule has 0 amide bonds. The lowest BCUT2D eigenvalue weighted by molar-refractivity contribution is 0.0689. The van der Waals surface area contributed by atoms with E-state index in [1.807, 2.05) is 51.1 Å². The number of ether oxygens (including phenoxy) is 1. The molecule has 0 radical (unpaired) electrons. The molecule has 0 bridgehead atoms. The standard InChI is InChI=1S/C21H20ClNO3/c1-4-26-15-7-5-6-13(10-15)19-16-11-14(22)8-9-17(16)23-20(21(24)25)18(19)12(2)3/h5-12H,4H2,1-3H3,(H,24,25). The Morgan fingerprint density at radius 1 is 1.23 bits per heavy atom. The number of carbonyl (C=O) groups is 1. The van der Waals surface area contributed by atoms with Gasteiger partial charge in [-0.2, -0.15) is 0 Å². The molecule has 0 aliphatic rings. The summed E-state index contributed by atoms with van der Waals surface area (Å²) in [5.74, 6) is -0.320. The molecule has 0 saturated carbocycles. The van der Waals surface area contributed by atoms with E-state index in [9.17, 15) is 9.90 Å². The number of pyridine rings is 1. The van der Waals surface area contributed by atoms with Crippen LogP contribution in [0.5, 0.6) is 5.75 Å². The van der Waals surface area contributed by atoms with E-state index in [2.05, 4.69) is 4.98 Å². The molecule has 134 valence electrons. The molecule has 1 aromatic heterocycles. The number of fused-ring (bicyclic) bond motifs is 1. The molecule has 3 rings (SSSR count). The fourth-order valence-electron chi connectivity index (χ4n) is 3.19. The Morgan fingerprint density at radius 2 is 2.00 bits per heavy atom. The highest BCUT2D eigenvalue weighted by Gasteiger charge is 2.23. The van der Waals surface area contributed by atoms with Crippen molar-refractivity contribution in [2.24, 2.45) is 0 Å². The van der Waals surface area contributed by atoms with Crippen LogP contribution in [0.4, 0.5) is 0 Å². The van der Waals surface area contributed by atoms with Gasteiger partial charge in [0, 0.05) is 10.4 Å². The lowest BCUT2D eigenvalue weighted by atomic mass is 9.88. The van der Waals surface area contributed by atoms with Crippen LogP contribution in [0.3, 0.4) is 0 Å². The minimum absolute atomic E-state index is 0.0252. The fourth-order valence-corrected chi connectivity index (χ4v) is 3.37. The number of aromatic carboxylic acids is 1. The summed E-state index contributed by atoms with van der Waals surface area (Å²) in [7, 11) is 0. The van der Waals surface area contributed by atoms with Gasteiger partial charge in [-0.25, -0.2) is 9.78 Å². The lowest BCUT2D eigenvalue weighted by Gasteiger charge is -2.19. The van der Waals surface area contributed by atoms with Crippen LogP contribution in [0.2, 0.25) is 5.02 Å². The first kappa shape index (κ1) is 18.2. The van der Waals surface area contributed by atoms with Crippen LogP contribution in [0.1, 0.15) is 42.7 Å². The monoisotopic (exact) mass is 369 g/mol. The van der Waals surface area contributed by atoms with E-state index in [0.29, 0.717) is 22.7 Å². The molecular formula is C21H20ClNO3. The summed E-state index contributed by atoms with van der Waals surface area (Å²) in [6, 6.07) is 13.0. The van der Waals surface area contributed by atoms with Gasteiger partial charge in [-0.15, -0.1) is 0 Å². The molecule has 1 N–H and O–H groups in total. The number of carboxylic acids is 1. The second kappa shape index (κ2) is 7.34. The molecule has 2 aromatic carbocycles. The molecule has 5 heteroatoms. The molecule has 0 atom stereocenters. The summed E-state index contributed by atoms with van der Waals surface area (Å²) in [5, 5.41) is 11.1. The second-order valence-electron chi connectivity index (χ2n) is 6.33. The summed E-state index contributed by atoms with van der Waals surface area (Å²) in [5.41, 5.74) is 3.10. The minimum Gasteiger partial charge on any atom is -0.494 e. The van der Waals surface area contributed by atoms with Crippen molar-refractivity contribution in [1.82, 2.24) is 4.98 Å².